The average molecular weight is 220 g/mol. The first kappa shape index (κ1) is 9.97. The van der Waals surface area contributed by atoms with Crippen molar-refractivity contribution in [2.75, 3.05) is 0 Å². The molecule has 0 saturated heterocycles. The highest BCUT2D eigenvalue weighted by molar-refractivity contribution is 5.83. The van der Waals surface area contributed by atoms with Gasteiger partial charge < -0.3 is 0 Å². The molecule has 0 aliphatic carbocycles. The number of fused-ring (bicyclic) bond motifs is 1. The molecule has 0 N–H and O–H groups in total. The summed E-state index contributed by atoms with van der Waals surface area (Å²) < 4.78 is 0. The molecule has 82 valence electrons. The summed E-state index contributed by atoms with van der Waals surface area (Å²) in [5, 5.41) is 0. The van der Waals surface area contributed by atoms with Gasteiger partial charge in [-0.25, -0.2) is 0 Å². The van der Waals surface area contributed by atoms with Gasteiger partial charge in [-0.15, -0.1) is 0 Å². The third-order valence-corrected chi connectivity index (χ3v) is 2.90. The molecule has 1 aromatic heterocycles. The van der Waals surface area contributed by atoms with E-state index in [1.54, 1.807) is 12.4 Å². The summed E-state index contributed by atoms with van der Waals surface area (Å²) in [6, 6.07) is 14.6. The van der Waals surface area contributed by atoms with E-state index in [1.807, 2.05) is 6.07 Å². The lowest BCUT2D eigenvalue weighted by molar-refractivity contribution is 1.28. The molecule has 3 rings (SSSR count). The average Bonchev–Trinajstić information content (AvgIpc) is 2.39. The third kappa shape index (κ3) is 1.78. The molecule has 0 fully saturated rings. The molecule has 3 aromatic rings. The summed E-state index contributed by atoms with van der Waals surface area (Å²) >= 11 is 0. The highest BCUT2D eigenvalue weighted by Crippen LogP contribution is 2.26. The van der Waals surface area contributed by atoms with E-state index >= 15 is 0 Å². The predicted octanol–water partition coefficient (Wildman–Crippen LogP) is 3.61. The molecular formula is C15H12N2. The summed E-state index contributed by atoms with van der Waals surface area (Å²) in [6.45, 7) is 2.11. The minimum atomic E-state index is 0.942. The molecule has 0 bridgehead atoms. The Hall–Kier alpha value is -2.22. The van der Waals surface area contributed by atoms with Crippen molar-refractivity contribution < 1.29 is 0 Å². The standard InChI is InChI=1S/C15H12N2/c1-11-9-14-15(17-8-7-16-14)10-13(11)12-5-3-2-4-6-12/h2-10H,1H3. The summed E-state index contributed by atoms with van der Waals surface area (Å²) in [6.07, 6.45) is 3.45. The van der Waals surface area contributed by atoms with Gasteiger partial charge >= 0.3 is 0 Å². The van der Waals surface area contributed by atoms with Gasteiger partial charge in [-0.3, -0.25) is 9.97 Å². The van der Waals surface area contributed by atoms with E-state index in [-0.39, 0.29) is 0 Å². The quantitative estimate of drug-likeness (QED) is 0.626. The van der Waals surface area contributed by atoms with Gasteiger partial charge in [0, 0.05) is 12.4 Å². The number of aryl methyl sites for hydroxylation is 1. The Balaban J connectivity index is 2.27. The minimum Gasteiger partial charge on any atom is -0.253 e. The Morgan fingerprint density at radius 1 is 0.824 bits per heavy atom. The number of benzene rings is 2. The van der Waals surface area contributed by atoms with Crippen molar-refractivity contribution in [3.63, 3.8) is 0 Å². The van der Waals surface area contributed by atoms with Crippen molar-refractivity contribution in [2.24, 2.45) is 0 Å². The monoisotopic (exact) mass is 220 g/mol. The van der Waals surface area contributed by atoms with Crippen molar-refractivity contribution >= 4 is 11.0 Å². The van der Waals surface area contributed by atoms with E-state index < -0.39 is 0 Å². The molecule has 0 saturated carbocycles. The summed E-state index contributed by atoms with van der Waals surface area (Å²) in [7, 11) is 0. The van der Waals surface area contributed by atoms with Gasteiger partial charge in [-0.1, -0.05) is 30.3 Å². The lowest BCUT2D eigenvalue weighted by Gasteiger charge is -2.07. The maximum Gasteiger partial charge on any atom is 0.0893 e. The summed E-state index contributed by atoms with van der Waals surface area (Å²) in [4.78, 5) is 8.66. The fraction of sp³-hybridized carbons (Fsp3) is 0.0667. The van der Waals surface area contributed by atoms with Crippen LogP contribution in [-0.2, 0) is 0 Å². The highest BCUT2D eigenvalue weighted by atomic mass is 14.8. The molecule has 0 amide bonds. The molecule has 2 nitrogen and oxygen atoms in total. The second-order valence-corrected chi connectivity index (χ2v) is 4.08. The lowest BCUT2D eigenvalue weighted by atomic mass is 10.00. The van der Waals surface area contributed by atoms with E-state index in [9.17, 15) is 0 Å². The lowest BCUT2D eigenvalue weighted by Crippen LogP contribution is -1.88. The zero-order valence-corrected chi connectivity index (χ0v) is 9.59. The largest absolute Gasteiger partial charge is 0.253 e. The van der Waals surface area contributed by atoms with Crippen LogP contribution in [0.1, 0.15) is 5.56 Å². The second-order valence-electron chi connectivity index (χ2n) is 4.08. The molecule has 17 heavy (non-hydrogen) atoms. The van der Waals surface area contributed by atoms with Crippen LogP contribution in [0.15, 0.2) is 54.9 Å². The number of hydrogen-bond donors (Lipinski definition) is 0. The van der Waals surface area contributed by atoms with Crippen LogP contribution in [0.2, 0.25) is 0 Å². The topological polar surface area (TPSA) is 25.8 Å². The van der Waals surface area contributed by atoms with Crippen molar-refractivity contribution in [2.45, 2.75) is 6.92 Å². The number of rotatable bonds is 1. The molecule has 0 unspecified atom stereocenters. The summed E-state index contributed by atoms with van der Waals surface area (Å²) in [5.74, 6) is 0. The number of nitrogens with zero attached hydrogens (tertiary/aromatic N) is 2. The maximum absolute atomic E-state index is 4.35. The Morgan fingerprint density at radius 3 is 2.18 bits per heavy atom. The van der Waals surface area contributed by atoms with Gasteiger partial charge in [-0.2, -0.15) is 0 Å². The first-order valence-corrected chi connectivity index (χ1v) is 5.61. The fourth-order valence-electron chi connectivity index (χ4n) is 2.04. The first-order chi connectivity index (χ1) is 8.34. The van der Waals surface area contributed by atoms with Gasteiger partial charge in [0.2, 0.25) is 0 Å². The Morgan fingerprint density at radius 2 is 1.47 bits per heavy atom. The highest BCUT2D eigenvalue weighted by Gasteiger charge is 2.04. The van der Waals surface area contributed by atoms with Crippen molar-refractivity contribution in [1.29, 1.82) is 0 Å². The van der Waals surface area contributed by atoms with E-state index in [1.165, 1.54) is 16.7 Å². The number of aromatic nitrogens is 2. The first-order valence-electron chi connectivity index (χ1n) is 5.61. The van der Waals surface area contributed by atoms with Gasteiger partial charge in [0.1, 0.15) is 0 Å². The van der Waals surface area contributed by atoms with E-state index in [2.05, 4.69) is 53.3 Å². The van der Waals surface area contributed by atoms with Gasteiger partial charge in [0.15, 0.2) is 0 Å². The number of hydrogen-bond acceptors (Lipinski definition) is 2. The molecule has 0 spiro atoms. The smallest absolute Gasteiger partial charge is 0.0893 e. The van der Waals surface area contributed by atoms with Gasteiger partial charge in [0.05, 0.1) is 11.0 Å². The van der Waals surface area contributed by atoms with Gasteiger partial charge in [-0.05, 0) is 35.7 Å². The zero-order valence-electron chi connectivity index (χ0n) is 9.59. The third-order valence-electron chi connectivity index (χ3n) is 2.90. The normalized spacial score (nSPS) is 10.6. The van der Waals surface area contributed by atoms with Crippen LogP contribution in [0, 0.1) is 6.92 Å². The van der Waals surface area contributed by atoms with Crippen LogP contribution < -0.4 is 0 Å². The van der Waals surface area contributed by atoms with Gasteiger partial charge in [0.25, 0.3) is 0 Å². The minimum absolute atomic E-state index is 0.942. The molecular weight excluding hydrogens is 208 g/mol. The van der Waals surface area contributed by atoms with Crippen molar-refractivity contribution in [3.05, 3.63) is 60.4 Å². The summed E-state index contributed by atoms with van der Waals surface area (Å²) in [5.41, 5.74) is 5.56. The molecule has 2 heteroatoms. The van der Waals surface area contributed by atoms with E-state index in [4.69, 9.17) is 0 Å². The van der Waals surface area contributed by atoms with Crippen LogP contribution >= 0.6 is 0 Å². The Labute approximate surface area is 100.0 Å². The fourth-order valence-corrected chi connectivity index (χ4v) is 2.04. The molecule has 0 aliphatic rings. The molecule has 1 heterocycles. The SMILES string of the molecule is Cc1cc2nccnc2cc1-c1ccccc1. The van der Waals surface area contributed by atoms with Crippen LogP contribution in [0.5, 0.6) is 0 Å². The van der Waals surface area contributed by atoms with Crippen LogP contribution in [0.4, 0.5) is 0 Å². The van der Waals surface area contributed by atoms with E-state index in [0.717, 1.165) is 11.0 Å². The van der Waals surface area contributed by atoms with Crippen LogP contribution in [0.25, 0.3) is 22.2 Å². The van der Waals surface area contributed by atoms with Crippen molar-refractivity contribution in [3.8, 4) is 11.1 Å². The predicted molar refractivity (Wildman–Crippen MR) is 69.7 cm³/mol. The van der Waals surface area contributed by atoms with Crippen molar-refractivity contribution in [1.82, 2.24) is 9.97 Å². The second kappa shape index (κ2) is 3.98. The molecule has 0 atom stereocenters. The van der Waals surface area contributed by atoms with Crippen LogP contribution in [-0.4, -0.2) is 9.97 Å². The molecule has 0 aliphatic heterocycles. The zero-order chi connectivity index (χ0) is 11.7. The Kier molecular flexibility index (Phi) is 2.33. The maximum atomic E-state index is 4.35. The van der Waals surface area contributed by atoms with Crippen LogP contribution in [0.3, 0.4) is 0 Å². The molecule has 2 aromatic carbocycles. The molecule has 0 radical (unpaired) electrons. The van der Waals surface area contributed by atoms with E-state index in [0.29, 0.717) is 0 Å². The Bertz CT molecular complexity index is 660.